The molecule has 4 N–H and O–H groups in total. The molecule has 7 rings (SSSR count). The summed E-state index contributed by atoms with van der Waals surface area (Å²) in [5, 5.41) is 6.34. The lowest BCUT2D eigenvalue weighted by molar-refractivity contribution is -0.135. The number of pyridine rings is 1. The van der Waals surface area contributed by atoms with Gasteiger partial charge in [-0.15, -0.1) is 0 Å². The third-order valence-electron chi connectivity index (χ3n) is 10.9. The maximum atomic E-state index is 13.6. The summed E-state index contributed by atoms with van der Waals surface area (Å²) in [7, 11) is 1.29. The second-order valence-corrected chi connectivity index (χ2v) is 16.7. The summed E-state index contributed by atoms with van der Waals surface area (Å²) >= 11 is 0. The predicted molar refractivity (Wildman–Crippen MR) is 223 cm³/mol. The number of aromatic amines is 2. The van der Waals surface area contributed by atoms with Crippen LogP contribution in [0.1, 0.15) is 91.0 Å². The van der Waals surface area contributed by atoms with E-state index < -0.39 is 29.9 Å². The Bertz CT molecular complexity index is 2330. The van der Waals surface area contributed by atoms with E-state index in [4.69, 9.17) is 19.4 Å². The zero-order valence-corrected chi connectivity index (χ0v) is 34.7. The van der Waals surface area contributed by atoms with Crippen molar-refractivity contribution in [3.05, 3.63) is 78.6 Å². The third-order valence-corrected chi connectivity index (χ3v) is 10.9. The summed E-state index contributed by atoms with van der Waals surface area (Å²) in [6.45, 7) is 12.0. The predicted octanol–water partition coefficient (Wildman–Crippen LogP) is 7.30. The van der Waals surface area contributed by atoms with Crippen LogP contribution in [0.3, 0.4) is 0 Å². The first-order valence-corrected chi connectivity index (χ1v) is 20.3. The number of benzene rings is 2. The van der Waals surface area contributed by atoms with Gasteiger partial charge in [0.05, 0.1) is 54.2 Å². The van der Waals surface area contributed by atoms with Crippen molar-refractivity contribution in [2.24, 2.45) is 5.92 Å². The average molecular weight is 804 g/mol. The molecule has 5 aromatic rings. The number of rotatable bonds is 10. The van der Waals surface area contributed by atoms with Crippen molar-refractivity contribution in [2.45, 2.75) is 97.0 Å². The van der Waals surface area contributed by atoms with Crippen LogP contribution in [0, 0.1) is 5.92 Å². The van der Waals surface area contributed by atoms with E-state index in [1.807, 2.05) is 56.3 Å². The highest BCUT2D eigenvalue weighted by molar-refractivity contribution is 5.88. The Balaban J connectivity index is 1.00. The molecular weight excluding hydrogens is 751 g/mol. The standard InChI is InChI=1S/C44H53N9O6/c1-25(2)37(51-42(56)58-7)41(55)53-21-9-11-36(53)39-46-24-34(50-39)30-17-19-32-29(22-30)16-18-31(48-32)27-12-14-28(15-13-27)33-23-45-38(49-33)35-10-8-20-52(35)40(54)26(3)47-43(57)59-44(4,5)6/h12-19,22-26,35-37H,8-11,20-21H2,1-7H3,(H,45,49)(H,46,50)(H,47,57)(H,51,56)/t26-,35+,36+,37+/m1/s1. The molecule has 4 amide bonds. The molecule has 310 valence electrons. The summed E-state index contributed by atoms with van der Waals surface area (Å²) in [6.07, 6.45) is 5.56. The van der Waals surface area contributed by atoms with E-state index in [9.17, 15) is 19.2 Å². The fourth-order valence-electron chi connectivity index (χ4n) is 7.88. The molecule has 4 atom stereocenters. The minimum absolute atomic E-state index is 0.111. The molecule has 15 heteroatoms. The number of amides is 4. The maximum absolute atomic E-state index is 13.6. The van der Waals surface area contributed by atoms with Crippen molar-refractivity contribution >= 4 is 34.9 Å². The van der Waals surface area contributed by atoms with Crippen molar-refractivity contribution in [3.8, 4) is 33.8 Å². The molecule has 5 heterocycles. The molecule has 2 aromatic carbocycles. The van der Waals surface area contributed by atoms with E-state index in [1.54, 1.807) is 49.9 Å². The van der Waals surface area contributed by atoms with Crippen LogP contribution in [0.2, 0.25) is 0 Å². The van der Waals surface area contributed by atoms with E-state index in [-0.39, 0.29) is 29.8 Å². The molecule has 0 bridgehead atoms. The number of hydrogen-bond donors (Lipinski definition) is 4. The van der Waals surface area contributed by atoms with Crippen LogP contribution in [0.15, 0.2) is 67.0 Å². The molecule has 0 unspecified atom stereocenters. The summed E-state index contributed by atoms with van der Waals surface area (Å²) in [6, 6.07) is 16.4. The van der Waals surface area contributed by atoms with Crippen LogP contribution >= 0.6 is 0 Å². The monoisotopic (exact) mass is 803 g/mol. The lowest BCUT2D eigenvalue weighted by Gasteiger charge is -2.30. The largest absolute Gasteiger partial charge is 0.453 e. The molecule has 0 saturated carbocycles. The second-order valence-electron chi connectivity index (χ2n) is 16.7. The molecule has 0 radical (unpaired) electrons. The number of H-pyrrole nitrogens is 2. The Hall–Kier alpha value is -6.25. The van der Waals surface area contributed by atoms with Crippen LogP contribution in [0.5, 0.6) is 0 Å². The van der Waals surface area contributed by atoms with Gasteiger partial charge in [0.25, 0.3) is 0 Å². The van der Waals surface area contributed by atoms with Gasteiger partial charge in [-0.25, -0.2) is 24.5 Å². The number of aromatic nitrogens is 5. The lowest BCUT2D eigenvalue weighted by Crippen LogP contribution is -2.51. The highest BCUT2D eigenvalue weighted by atomic mass is 16.6. The topological polar surface area (TPSA) is 188 Å². The number of carbonyl (C=O) groups is 4. The van der Waals surface area contributed by atoms with Crippen molar-refractivity contribution < 1.29 is 28.7 Å². The van der Waals surface area contributed by atoms with E-state index in [2.05, 4.69) is 37.7 Å². The summed E-state index contributed by atoms with van der Waals surface area (Å²) in [5.41, 5.74) is 5.59. The van der Waals surface area contributed by atoms with Gasteiger partial charge in [0.1, 0.15) is 29.3 Å². The molecule has 2 saturated heterocycles. The SMILES string of the molecule is COC(=O)N[C@H](C(=O)N1CCC[C@H]1c1ncc(-c2ccc3nc(-c4ccc(-c5cnc([C@@H]6CCCN6C(=O)[C@@H](C)NC(=O)OC(C)(C)C)[nH]5)cc4)ccc3c2)[nH]1)C(C)C. The fourth-order valence-corrected chi connectivity index (χ4v) is 7.88. The van der Waals surface area contributed by atoms with Gasteiger partial charge in [-0.2, -0.15) is 0 Å². The normalized spacial score (nSPS) is 17.9. The number of carbonyl (C=O) groups excluding carboxylic acids is 4. The number of nitrogens with one attached hydrogen (secondary N) is 4. The summed E-state index contributed by atoms with van der Waals surface area (Å²) in [5.74, 6) is 0.988. The third kappa shape index (κ3) is 9.08. The Morgan fingerprint density at radius 2 is 1.32 bits per heavy atom. The number of fused-ring (bicyclic) bond motifs is 1. The van der Waals surface area contributed by atoms with Gasteiger partial charge in [0, 0.05) is 29.6 Å². The van der Waals surface area contributed by atoms with Gasteiger partial charge in [-0.1, -0.05) is 50.2 Å². The van der Waals surface area contributed by atoms with Gasteiger partial charge < -0.3 is 39.9 Å². The smallest absolute Gasteiger partial charge is 0.408 e. The van der Waals surface area contributed by atoms with Gasteiger partial charge in [0.2, 0.25) is 11.8 Å². The maximum Gasteiger partial charge on any atom is 0.408 e. The number of methoxy groups -OCH3 is 1. The summed E-state index contributed by atoms with van der Waals surface area (Å²) < 4.78 is 10.1. The van der Waals surface area contributed by atoms with Gasteiger partial charge >= 0.3 is 12.2 Å². The number of alkyl carbamates (subject to hydrolysis) is 2. The first-order chi connectivity index (χ1) is 28.2. The lowest BCUT2D eigenvalue weighted by atomic mass is 10.0. The minimum atomic E-state index is -0.737. The molecule has 0 aliphatic carbocycles. The highest BCUT2D eigenvalue weighted by Crippen LogP contribution is 2.35. The molecule has 2 fully saturated rings. The van der Waals surface area contributed by atoms with E-state index >= 15 is 0 Å². The van der Waals surface area contributed by atoms with Crippen LogP contribution in [0.4, 0.5) is 9.59 Å². The number of ether oxygens (including phenoxy) is 2. The Labute approximate surface area is 343 Å². The zero-order chi connectivity index (χ0) is 42.0. The van der Waals surface area contributed by atoms with Gasteiger partial charge in [0.15, 0.2) is 0 Å². The van der Waals surface area contributed by atoms with Crippen LogP contribution in [-0.4, -0.2) is 96.6 Å². The van der Waals surface area contributed by atoms with Crippen molar-refractivity contribution in [1.82, 2.24) is 45.4 Å². The highest BCUT2D eigenvalue weighted by Gasteiger charge is 2.38. The first-order valence-electron chi connectivity index (χ1n) is 20.3. The molecule has 0 spiro atoms. The van der Waals surface area contributed by atoms with Gasteiger partial charge in [-0.3, -0.25) is 9.59 Å². The Morgan fingerprint density at radius 1 is 0.746 bits per heavy atom. The molecule has 59 heavy (non-hydrogen) atoms. The first kappa shape index (κ1) is 40.9. The minimum Gasteiger partial charge on any atom is -0.453 e. The number of likely N-dealkylation sites (tertiary alicyclic amines) is 2. The van der Waals surface area contributed by atoms with Crippen LogP contribution in [-0.2, 0) is 19.1 Å². The number of imidazole rings is 2. The number of hydrogen-bond acceptors (Lipinski definition) is 9. The molecule has 2 aliphatic heterocycles. The summed E-state index contributed by atoms with van der Waals surface area (Å²) in [4.78, 5) is 76.0. The quantitative estimate of drug-likeness (QED) is 0.112. The average Bonchev–Trinajstić information content (AvgIpc) is 4.05. The van der Waals surface area contributed by atoms with Crippen molar-refractivity contribution in [2.75, 3.05) is 20.2 Å². The number of nitrogens with zero attached hydrogens (tertiary/aromatic N) is 5. The van der Waals surface area contributed by atoms with Crippen molar-refractivity contribution in [1.29, 1.82) is 0 Å². The van der Waals surface area contributed by atoms with E-state index in [0.717, 1.165) is 70.4 Å². The molecule has 3 aromatic heterocycles. The Kier molecular flexibility index (Phi) is 11.7. The van der Waals surface area contributed by atoms with Crippen LogP contribution < -0.4 is 10.6 Å². The van der Waals surface area contributed by atoms with Gasteiger partial charge in [-0.05, 0) is 83.1 Å². The van der Waals surface area contributed by atoms with E-state index in [1.165, 1.54) is 7.11 Å². The fraction of sp³-hybridized carbons (Fsp3) is 0.432. The second kappa shape index (κ2) is 16.9. The zero-order valence-electron chi connectivity index (χ0n) is 34.7. The molecule has 2 aliphatic rings. The van der Waals surface area contributed by atoms with E-state index in [0.29, 0.717) is 24.7 Å². The molecular formula is C44H53N9O6. The van der Waals surface area contributed by atoms with Crippen LogP contribution in [0.25, 0.3) is 44.7 Å². The Morgan fingerprint density at radius 3 is 1.92 bits per heavy atom. The molecule has 15 nitrogen and oxygen atoms in total. The van der Waals surface area contributed by atoms with Crippen molar-refractivity contribution in [3.63, 3.8) is 0 Å².